The normalized spacial score (nSPS) is 18.2. The lowest BCUT2D eigenvalue weighted by atomic mass is 10.0. The fraction of sp³-hybridized carbons (Fsp3) is 0.455. The Morgan fingerprint density at radius 3 is 2.03 bits per heavy atom. The van der Waals surface area contributed by atoms with Crippen molar-refractivity contribution in [2.45, 2.75) is 37.8 Å². The molecule has 2 aromatic carbocycles. The lowest BCUT2D eigenvalue weighted by molar-refractivity contribution is 0.370. The Hall–Kier alpha value is -2.09. The summed E-state index contributed by atoms with van der Waals surface area (Å²) in [4.78, 5) is 2.38. The fourth-order valence-electron chi connectivity index (χ4n) is 4.29. The van der Waals surface area contributed by atoms with Crippen molar-refractivity contribution in [1.29, 1.82) is 0 Å². The van der Waals surface area contributed by atoms with E-state index in [0.717, 1.165) is 44.5 Å². The monoisotopic (exact) mass is 414 g/mol. The first-order valence-electron chi connectivity index (χ1n) is 10.3. The van der Waals surface area contributed by atoms with Gasteiger partial charge in [0.2, 0.25) is 0 Å². The van der Waals surface area contributed by atoms with Crippen LogP contribution in [0.4, 0.5) is 11.4 Å². The van der Waals surface area contributed by atoms with E-state index in [1.54, 1.807) is 0 Å². The lowest BCUT2D eigenvalue weighted by Gasteiger charge is -2.35. The number of fused-ring (bicyclic) bond motifs is 1. The molecular weight excluding hydrogens is 384 g/mol. The molecule has 0 unspecified atom stereocenters. The zero-order valence-electron chi connectivity index (χ0n) is 17.1. The molecule has 0 saturated carbocycles. The van der Waals surface area contributed by atoms with Gasteiger partial charge in [-0.3, -0.25) is 4.72 Å². The van der Waals surface area contributed by atoms with Crippen LogP contribution in [0.1, 0.15) is 24.0 Å². The summed E-state index contributed by atoms with van der Waals surface area (Å²) in [5, 5.41) is 3.87. The van der Waals surface area contributed by atoms with Crippen molar-refractivity contribution in [3.63, 3.8) is 0 Å². The van der Waals surface area contributed by atoms with E-state index in [2.05, 4.69) is 39.2 Å². The molecule has 0 radical (unpaired) electrons. The molecule has 0 bridgehead atoms. The first kappa shape index (κ1) is 20.2. The number of hydrogen-bond donors (Lipinski definition) is 2. The summed E-state index contributed by atoms with van der Waals surface area (Å²) in [7, 11) is -0.440. The Morgan fingerprint density at radius 2 is 1.48 bits per heavy atom. The third-order valence-corrected chi connectivity index (χ3v) is 7.43. The van der Waals surface area contributed by atoms with Gasteiger partial charge in [0.1, 0.15) is 0 Å². The molecule has 0 amide bonds. The molecule has 1 aliphatic carbocycles. The van der Waals surface area contributed by atoms with Crippen molar-refractivity contribution in [3.8, 4) is 0 Å². The van der Waals surface area contributed by atoms with Crippen molar-refractivity contribution in [2.24, 2.45) is 0 Å². The van der Waals surface area contributed by atoms with Gasteiger partial charge in [0.15, 0.2) is 0 Å². The molecule has 4 rings (SSSR count). The summed E-state index contributed by atoms with van der Waals surface area (Å²) in [5.74, 6) is 0. The van der Waals surface area contributed by atoms with Crippen molar-refractivity contribution in [3.05, 3.63) is 59.7 Å². The molecule has 1 aliphatic heterocycles. The van der Waals surface area contributed by atoms with Crippen LogP contribution < -0.4 is 14.9 Å². The molecule has 0 aromatic heterocycles. The van der Waals surface area contributed by atoms with Crippen LogP contribution >= 0.6 is 0 Å². The second-order valence-electron chi connectivity index (χ2n) is 8.24. The molecule has 0 spiro atoms. The van der Waals surface area contributed by atoms with Crippen molar-refractivity contribution >= 4 is 21.6 Å². The van der Waals surface area contributed by atoms with Crippen molar-refractivity contribution in [2.75, 3.05) is 36.8 Å². The van der Waals surface area contributed by atoms with Gasteiger partial charge in [-0.05, 0) is 61.1 Å². The van der Waals surface area contributed by atoms with Gasteiger partial charge in [-0.15, -0.1) is 0 Å². The van der Waals surface area contributed by atoms with Gasteiger partial charge in [-0.1, -0.05) is 24.3 Å². The van der Waals surface area contributed by atoms with Crippen LogP contribution in [0.15, 0.2) is 48.5 Å². The van der Waals surface area contributed by atoms with Gasteiger partial charge in [0, 0.05) is 50.6 Å². The number of benzene rings is 2. The van der Waals surface area contributed by atoms with Gasteiger partial charge < -0.3 is 10.2 Å². The van der Waals surface area contributed by atoms with Crippen LogP contribution in [0.3, 0.4) is 0 Å². The molecule has 29 heavy (non-hydrogen) atoms. The average molecular weight is 415 g/mol. The first-order chi connectivity index (χ1) is 13.9. The van der Waals surface area contributed by atoms with E-state index in [4.69, 9.17) is 0 Å². The van der Waals surface area contributed by atoms with E-state index in [-0.39, 0.29) is 0 Å². The highest BCUT2D eigenvalue weighted by Crippen LogP contribution is 2.25. The molecule has 2 aromatic rings. The maximum atomic E-state index is 11.9. The van der Waals surface area contributed by atoms with Gasteiger partial charge >= 0.3 is 10.2 Å². The summed E-state index contributed by atoms with van der Waals surface area (Å²) in [6, 6.07) is 17.6. The molecule has 6 nitrogen and oxygen atoms in total. The third-order valence-electron chi connectivity index (χ3n) is 5.98. The van der Waals surface area contributed by atoms with Gasteiger partial charge in [-0.25, -0.2) is 0 Å². The standard InChI is InChI=1S/C22H30N4O2S/c1-25(2)29(27,28)24-20-7-9-22(10-8-20)26-13-11-19(12-14-26)23-21-15-17-5-3-4-6-18(17)16-21/h3-10,19,21,23-24H,11-16H2,1-2H3. The molecule has 2 N–H and O–H groups in total. The summed E-state index contributed by atoms with van der Waals surface area (Å²) < 4.78 is 27.6. The molecule has 156 valence electrons. The SMILES string of the molecule is CN(C)S(=O)(=O)Nc1ccc(N2CCC(NC3Cc4ccccc4C3)CC2)cc1. The smallest absolute Gasteiger partial charge is 0.301 e. The molecule has 2 aliphatic rings. The van der Waals surface area contributed by atoms with Crippen LogP contribution in [0.2, 0.25) is 0 Å². The predicted molar refractivity (Wildman–Crippen MR) is 119 cm³/mol. The molecule has 0 atom stereocenters. The second kappa shape index (κ2) is 8.34. The highest BCUT2D eigenvalue weighted by molar-refractivity contribution is 7.90. The Morgan fingerprint density at radius 1 is 0.897 bits per heavy atom. The lowest BCUT2D eigenvalue weighted by Crippen LogP contribution is -2.46. The Kier molecular flexibility index (Phi) is 5.81. The van der Waals surface area contributed by atoms with Crippen molar-refractivity contribution < 1.29 is 8.42 Å². The Balaban J connectivity index is 1.28. The number of piperidine rings is 1. The quantitative estimate of drug-likeness (QED) is 0.763. The zero-order valence-corrected chi connectivity index (χ0v) is 18.0. The van der Waals surface area contributed by atoms with E-state index in [9.17, 15) is 8.42 Å². The van der Waals surface area contributed by atoms with Crippen LogP contribution in [0, 0.1) is 0 Å². The third kappa shape index (κ3) is 4.74. The van der Waals surface area contributed by atoms with Crippen LogP contribution in [0.25, 0.3) is 0 Å². The van der Waals surface area contributed by atoms with Crippen molar-refractivity contribution in [1.82, 2.24) is 9.62 Å². The highest BCUT2D eigenvalue weighted by atomic mass is 32.2. The Labute approximate surface area is 174 Å². The van der Waals surface area contributed by atoms with Gasteiger partial charge in [0.25, 0.3) is 0 Å². The number of hydrogen-bond acceptors (Lipinski definition) is 4. The van der Waals surface area contributed by atoms with E-state index in [1.165, 1.54) is 29.5 Å². The topological polar surface area (TPSA) is 64.7 Å². The van der Waals surface area contributed by atoms with Crippen LogP contribution in [-0.2, 0) is 23.1 Å². The molecule has 1 saturated heterocycles. The number of rotatable bonds is 6. The average Bonchev–Trinajstić information content (AvgIpc) is 3.11. The number of nitrogens with zero attached hydrogens (tertiary/aromatic N) is 2. The molecular formula is C22H30N4O2S. The number of anilines is 2. The minimum absolute atomic E-state index is 0.563. The Bertz CT molecular complexity index is 911. The van der Waals surface area contributed by atoms with E-state index in [0.29, 0.717) is 17.8 Å². The molecule has 1 fully saturated rings. The number of nitrogens with one attached hydrogen (secondary N) is 2. The predicted octanol–water partition coefficient (Wildman–Crippen LogP) is 2.63. The summed E-state index contributed by atoms with van der Waals surface area (Å²) >= 11 is 0. The van der Waals surface area contributed by atoms with E-state index >= 15 is 0 Å². The van der Waals surface area contributed by atoms with Gasteiger partial charge in [-0.2, -0.15) is 12.7 Å². The van der Waals surface area contributed by atoms with Crippen LogP contribution in [-0.4, -0.2) is 52.0 Å². The maximum Gasteiger partial charge on any atom is 0.301 e. The minimum atomic E-state index is -3.47. The molecule has 1 heterocycles. The molecule has 7 heteroatoms. The largest absolute Gasteiger partial charge is 0.371 e. The maximum absolute atomic E-state index is 11.9. The van der Waals surface area contributed by atoms with Crippen LogP contribution in [0.5, 0.6) is 0 Å². The van der Waals surface area contributed by atoms with E-state index in [1.807, 2.05) is 24.3 Å². The summed E-state index contributed by atoms with van der Waals surface area (Å²) in [6.07, 6.45) is 4.53. The summed E-state index contributed by atoms with van der Waals surface area (Å²) in [6.45, 7) is 2.03. The summed E-state index contributed by atoms with van der Waals surface area (Å²) in [5.41, 5.74) is 4.71. The second-order valence-corrected chi connectivity index (χ2v) is 10.1. The fourth-order valence-corrected chi connectivity index (χ4v) is 4.91. The first-order valence-corrected chi connectivity index (χ1v) is 11.7. The van der Waals surface area contributed by atoms with Gasteiger partial charge in [0.05, 0.1) is 0 Å². The zero-order chi connectivity index (χ0) is 20.4. The highest BCUT2D eigenvalue weighted by Gasteiger charge is 2.26. The van der Waals surface area contributed by atoms with E-state index < -0.39 is 10.2 Å². The minimum Gasteiger partial charge on any atom is -0.371 e.